The highest BCUT2D eigenvalue weighted by atomic mass is 16.5. The topological polar surface area (TPSA) is 81.4 Å². The normalized spacial score (nSPS) is 10.2. The molecule has 19 heavy (non-hydrogen) atoms. The summed E-state index contributed by atoms with van der Waals surface area (Å²) >= 11 is 0. The summed E-state index contributed by atoms with van der Waals surface area (Å²) in [5, 5.41) is 13.0. The van der Waals surface area contributed by atoms with Crippen LogP contribution in [0.1, 0.15) is 26.4 Å². The number of carboxylic acids is 1. The summed E-state index contributed by atoms with van der Waals surface area (Å²) in [5.41, 5.74) is 1.36. The molecule has 0 bridgehead atoms. The van der Waals surface area contributed by atoms with Crippen LogP contribution in [0.25, 0.3) is 5.69 Å². The molecule has 0 aliphatic heterocycles. The molecule has 0 aliphatic carbocycles. The molecule has 1 N–H and O–H groups in total. The van der Waals surface area contributed by atoms with E-state index in [1.165, 1.54) is 18.0 Å². The van der Waals surface area contributed by atoms with Crippen molar-refractivity contribution in [1.82, 2.24) is 9.78 Å². The summed E-state index contributed by atoms with van der Waals surface area (Å²) < 4.78 is 6.11. The van der Waals surface area contributed by atoms with E-state index in [0.717, 1.165) is 0 Å². The molecule has 0 aliphatic rings. The smallest absolute Gasteiger partial charge is 0.340 e. The van der Waals surface area contributed by atoms with E-state index in [1.54, 1.807) is 31.2 Å². The molecule has 2 aromatic rings. The van der Waals surface area contributed by atoms with Crippen molar-refractivity contribution in [2.45, 2.75) is 6.92 Å². The summed E-state index contributed by atoms with van der Waals surface area (Å²) in [6.45, 7) is 1.63. The van der Waals surface area contributed by atoms with E-state index in [2.05, 4.69) is 5.10 Å². The van der Waals surface area contributed by atoms with Crippen molar-refractivity contribution < 1.29 is 19.4 Å². The van der Waals surface area contributed by atoms with Gasteiger partial charge in [0, 0.05) is 0 Å². The number of carbonyl (C=O) groups excluding carboxylic acids is 1. The maximum absolute atomic E-state index is 11.7. The van der Waals surface area contributed by atoms with Gasteiger partial charge in [-0.3, -0.25) is 0 Å². The predicted molar refractivity (Wildman–Crippen MR) is 66.6 cm³/mol. The minimum atomic E-state index is -1.06. The van der Waals surface area contributed by atoms with Crippen LogP contribution < -0.4 is 0 Å². The van der Waals surface area contributed by atoms with Gasteiger partial charge in [-0.2, -0.15) is 5.10 Å². The zero-order valence-corrected chi connectivity index (χ0v) is 10.5. The fourth-order valence-corrected chi connectivity index (χ4v) is 1.80. The lowest BCUT2D eigenvalue weighted by Gasteiger charge is -2.09. The molecule has 0 atom stereocenters. The number of hydrogen-bond acceptors (Lipinski definition) is 4. The van der Waals surface area contributed by atoms with Crippen molar-refractivity contribution in [1.29, 1.82) is 0 Å². The van der Waals surface area contributed by atoms with Crippen LogP contribution in [-0.2, 0) is 4.74 Å². The minimum absolute atomic E-state index is 0.0969. The highest BCUT2D eigenvalue weighted by Crippen LogP contribution is 2.18. The second kappa shape index (κ2) is 4.93. The van der Waals surface area contributed by atoms with Crippen LogP contribution in [0.3, 0.4) is 0 Å². The van der Waals surface area contributed by atoms with Crippen molar-refractivity contribution in [2.75, 3.05) is 7.11 Å². The zero-order valence-electron chi connectivity index (χ0n) is 10.5. The van der Waals surface area contributed by atoms with Crippen LogP contribution in [0.4, 0.5) is 0 Å². The molecule has 98 valence electrons. The summed E-state index contributed by atoms with van der Waals surface area (Å²) in [7, 11) is 1.29. The Morgan fingerprint density at radius 2 is 1.95 bits per heavy atom. The summed E-state index contributed by atoms with van der Waals surface area (Å²) in [6.07, 6.45) is 1.26. The zero-order chi connectivity index (χ0) is 14.0. The van der Waals surface area contributed by atoms with E-state index in [9.17, 15) is 9.59 Å². The van der Waals surface area contributed by atoms with Gasteiger partial charge in [0.1, 0.15) is 5.56 Å². The van der Waals surface area contributed by atoms with E-state index in [1.807, 2.05) is 0 Å². The van der Waals surface area contributed by atoms with E-state index in [4.69, 9.17) is 9.84 Å². The molecule has 6 nitrogen and oxygen atoms in total. The molecule has 0 unspecified atom stereocenters. The lowest BCUT2D eigenvalue weighted by atomic mass is 10.1. The molecule has 0 saturated carbocycles. The fraction of sp³-hybridized carbons (Fsp3) is 0.154. The lowest BCUT2D eigenvalue weighted by Crippen LogP contribution is -2.10. The van der Waals surface area contributed by atoms with Gasteiger partial charge in [0.2, 0.25) is 0 Å². The fourth-order valence-electron chi connectivity index (χ4n) is 1.80. The second-order valence-electron chi connectivity index (χ2n) is 3.87. The molecular formula is C13H12N2O4. The summed E-state index contributed by atoms with van der Waals surface area (Å²) in [6, 6.07) is 6.72. The molecule has 0 fully saturated rings. The van der Waals surface area contributed by atoms with Gasteiger partial charge in [0.05, 0.1) is 30.3 Å². The van der Waals surface area contributed by atoms with Crippen molar-refractivity contribution in [3.63, 3.8) is 0 Å². The van der Waals surface area contributed by atoms with Crippen LogP contribution in [0.5, 0.6) is 0 Å². The largest absolute Gasteiger partial charge is 0.478 e. The third-order valence-corrected chi connectivity index (χ3v) is 2.78. The number of carbonyl (C=O) groups is 2. The van der Waals surface area contributed by atoms with Crippen molar-refractivity contribution in [3.05, 3.63) is 47.3 Å². The lowest BCUT2D eigenvalue weighted by molar-refractivity contribution is 0.0600. The first-order valence-corrected chi connectivity index (χ1v) is 5.52. The van der Waals surface area contributed by atoms with Crippen molar-refractivity contribution in [2.24, 2.45) is 0 Å². The maximum Gasteiger partial charge on any atom is 0.340 e. The van der Waals surface area contributed by atoms with Gasteiger partial charge in [-0.1, -0.05) is 12.1 Å². The van der Waals surface area contributed by atoms with E-state index in [0.29, 0.717) is 16.9 Å². The number of methoxy groups -OCH3 is 1. The Morgan fingerprint density at radius 1 is 1.26 bits per heavy atom. The van der Waals surface area contributed by atoms with Gasteiger partial charge >= 0.3 is 11.9 Å². The Bertz CT molecular complexity index is 646. The second-order valence-corrected chi connectivity index (χ2v) is 3.87. The average molecular weight is 260 g/mol. The number of rotatable bonds is 3. The third kappa shape index (κ3) is 2.20. The molecule has 2 rings (SSSR count). The number of hydrogen-bond donors (Lipinski definition) is 1. The number of carboxylic acid groups (broad SMARTS) is 1. The SMILES string of the molecule is COC(=O)c1ccccc1-n1ncc(C(=O)O)c1C. The number of ether oxygens (including phenoxy) is 1. The van der Waals surface area contributed by atoms with Crippen LogP contribution in [0.15, 0.2) is 30.5 Å². The Morgan fingerprint density at radius 3 is 2.53 bits per heavy atom. The molecule has 6 heteroatoms. The molecule has 0 saturated heterocycles. The number of nitrogens with zero attached hydrogens (tertiary/aromatic N) is 2. The van der Waals surface area contributed by atoms with Crippen LogP contribution in [-0.4, -0.2) is 33.9 Å². The first kappa shape index (κ1) is 12.8. The van der Waals surface area contributed by atoms with Gasteiger partial charge in [0.25, 0.3) is 0 Å². The quantitative estimate of drug-likeness (QED) is 0.849. The minimum Gasteiger partial charge on any atom is -0.478 e. The van der Waals surface area contributed by atoms with E-state index in [-0.39, 0.29) is 5.56 Å². The molecule has 1 aromatic carbocycles. The Kier molecular flexibility index (Phi) is 3.33. The molecule has 1 aromatic heterocycles. The number of esters is 1. The number of aromatic carboxylic acids is 1. The van der Waals surface area contributed by atoms with Crippen LogP contribution >= 0.6 is 0 Å². The molecule has 0 spiro atoms. The first-order valence-electron chi connectivity index (χ1n) is 5.52. The Balaban J connectivity index is 2.60. The predicted octanol–water partition coefficient (Wildman–Crippen LogP) is 1.67. The molecule has 1 heterocycles. The van der Waals surface area contributed by atoms with Gasteiger partial charge in [-0.05, 0) is 19.1 Å². The number of benzene rings is 1. The third-order valence-electron chi connectivity index (χ3n) is 2.78. The highest BCUT2D eigenvalue weighted by Gasteiger charge is 2.18. The molecule has 0 radical (unpaired) electrons. The average Bonchev–Trinajstić information content (AvgIpc) is 2.79. The van der Waals surface area contributed by atoms with Gasteiger partial charge in [0.15, 0.2) is 0 Å². The van der Waals surface area contributed by atoms with Crippen molar-refractivity contribution >= 4 is 11.9 Å². The van der Waals surface area contributed by atoms with Gasteiger partial charge in [-0.15, -0.1) is 0 Å². The summed E-state index contributed by atoms with van der Waals surface area (Å²) in [5.74, 6) is -1.55. The Hall–Kier alpha value is -2.63. The standard InChI is InChI=1S/C13H12N2O4/c1-8-10(12(16)17)7-14-15(8)11-6-4-3-5-9(11)13(18)19-2/h3-7H,1-2H3,(H,16,17). The van der Waals surface area contributed by atoms with Crippen LogP contribution in [0.2, 0.25) is 0 Å². The van der Waals surface area contributed by atoms with Crippen molar-refractivity contribution in [3.8, 4) is 5.69 Å². The summed E-state index contributed by atoms with van der Waals surface area (Å²) in [4.78, 5) is 22.7. The first-order chi connectivity index (χ1) is 9.06. The monoisotopic (exact) mass is 260 g/mol. The number of para-hydroxylation sites is 1. The van der Waals surface area contributed by atoms with Crippen LogP contribution in [0, 0.1) is 6.92 Å². The Labute approximate surface area is 109 Å². The van der Waals surface area contributed by atoms with E-state index >= 15 is 0 Å². The van der Waals surface area contributed by atoms with Gasteiger partial charge in [-0.25, -0.2) is 14.3 Å². The number of aromatic nitrogens is 2. The molecule has 0 amide bonds. The maximum atomic E-state index is 11.7. The van der Waals surface area contributed by atoms with Gasteiger partial charge < -0.3 is 9.84 Å². The molecular weight excluding hydrogens is 248 g/mol. The highest BCUT2D eigenvalue weighted by molar-refractivity contribution is 5.94. The van der Waals surface area contributed by atoms with E-state index < -0.39 is 11.9 Å².